The highest BCUT2D eigenvalue weighted by Gasteiger charge is 2.22. The van der Waals surface area contributed by atoms with Gasteiger partial charge in [0.2, 0.25) is 11.8 Å². The Morgan fingerprint density at radius 3 is 2.58 bits per heavy atom. The molecule has 5 rings (SSSR count). The van der Waals surface area contributed by atoms with E-state index in [4.69, 9.17) is 15.2 Å². The number of nitrogens with zero attached hydrogens (tertiary/aromatic N) is 4. The van der Waals surface area contributed by atoms with Gasteiger partial charge in [-0.05, 0) is 68.6 Å². The molecule has 1 saturated heterocycles. The van der Waals surface area contributed by atoms with Crippen LogP contribution in [0.1, 0.15) is 18.5 Å². The molecular weight excluding hydrogens is 538 g/mol. The quantitative estimate of drug-likeness (QED) is 0.315. The predicted octanol–water partition coefficient (Wildman–Crippen LogP) is 4.44. The molecule has 0 amide bonds. The molecule has 4 aromatic rings. The molecule has 2 aromatic heterocycles. The van der Waals surface area contributed by atoms with Crippen molar-refractivity contribution in [3.8, 4) is 22.8 Å². The maximum Gasteiger partial charge on any atom is 0.238 e. The van der Waals surface area contributed by atoms with Crippen molar-refractivity contribution in [2.45, 2.75) is 30.8 Å². The molecule has 40 heavy (non-hydrogen) atoms. The SMILES string of the molecule is C=S(=O)(Nc1cc(-c2cc(OC3CCN(C)CC3)c3nc(N)nc(C)c3c2)cnc1OC)c1ccc(F)cc1F. The summed E-state index contributed by atoms with van der Waals surface area (Å²) in [5.41, 5.74) is 8.84. The third-order valence-corrected chi connectivity index (χ3v) is 8.43. The van der Waals surface area contributed by atoms with Crippen LogP contribution in [-0.4, -0.2) is 63.3 Å². The van der Waals surface area contributed by atoms with Crippen molar-refractivity contribution in [3.63, 3.8) is 0 Å². The summed E-state index contributed by atoms with van der Waals surface area (Å²) >= 11 is 0. The number of aryl methyl sites for hydroxylation is 1. The van der Waals surface area contributed by atoms with Gasteiger partial charge in [0.15, 0.2) is 0 Å². The maximum atomic E-state index is 14.5. The number of ether oxygens (including phenoxy) is 2. The van der Waals surface area contributed by atoms with Crippen molar-refractivity contribution in [2.75, 3.05) is 37.7 Å². The number of benzene rings is 2. The lowest BCUT2D eigenvalue weighted by Crippen LogP contribution is -2.35. The van der Waals surface area contributed by atoms with Crippen LogP contribution < -0.4 is 19.9 Å². The molecule has 1 fully saturated rings. The molecule has 0 spiro atoms. The zero-order valence-electron chi connectivity index (χ0n) is 22.4. The van der Waals surface area contributed by atoms with Crippen LogP contribution in [0.2, 0.25) is 0 Å². The molecule has 3 heterocycles. The summed E-state index contributed by atoms with van der Waals surface area (Å²) < 4.78 is 55.9. The Hall–Kier alpha value is -4.03. The van der Waals surface area contributed by atoms with Gasteiger partial charge in [0.1, 0.15) is 34.7 Å². The van der Waals surface area contributed by atoms with Gasteiger partial charge < -0.3 is 24.8 Å². The minimum absolute atomic E-state index is 0.0128. The molecular formula is C28H30F2N6O3S. The number of pyridine rings is 1. The molecule has 3 N–H and O–H groups in total. The lowest BCUT2D eigenvalue weighted by Gasteiger charge is -2.29. The number of rotatable bonds is 7. The second-order valence-electron chi connectivity index (χ2n) is 9.79. The second kappa shape index (κ2) is 10.9. The number of hydrogen-bond acceptors (Lipinski definition) is 8. The Balaban J connectivity index is 1.57. The Morgan fingerprint density at radius 1 is 1.12 bits per heavy atom. The minimum atomic E-state index is -3.44. The van der Waals surface area contributed by atoms with Crippen LogP contribution in [0.15, 0.2) is 47.5 Å². The zero-order chi connectivity index (χ0) is 28.6. The Labute approximate surface area is 231 Å². The Morgan fingerprint density at radius 2 is 1.88 bits per heavy atom. The normalized spacial score (nSPS) is 16.0. The van der Waals surface area contributed by atoms with Gasteiger partial charge in [0.05, 0.1) is 27.4 Å². The van der Waals surface area contributed by atoms with Crippen LogP contribution in [0.4, 0.5) is 20.4 Å². The van der Waals surface area contributed by atoms with E-state index in [0.29, 0.717) is 28.6 Å². The first-order valence-electron chi connectivity index (χ1n) is 12.6. The standard InChI is InChI=1S/C28H30F2N6O3S/c1-16-21-11-17(13-24(26(21)34-28(31)33-16)39-20-7-9-36(2)10-8-20)18-12-23(27(38-3)32-15-18)35-40(4,37)25-6-5-19(29)14-22(25)30/h5-6,11-15,20H,4,7-10H2,1-3H3,(H,35,37)(H2,31,33,34). The lowest BCUT2D eigenvalue weighted by molar-refractivity contribution is 0.115. The van der Waals surface area contributed by atoms with Crippen LogP contribution >= 0.6 is 0 Å². The molecule has 1 aliphatic rings. The van der Waals surface area contributed by atoms with Gasteiger partial charge >= 0.3 is 0 Å². The number of nitrogens with one attached hydrogen (secondary N) is 1. The highest BCUT2D eigenvalue weighted by Crippen LogP contribution is 2.37. The van der Waals surface area contributed by atoms with Gasteiger partial charge in [0, 0.05) is 36.3 Å². The number of anilines is 2. The van der Waals surface area contributed by atoms with E-state index < -0.39 is 21.3 Å². The summed E-state index contributed by atoms with van der Waals surface area (Å²) in [5.74, 6) is 2.75. The average molecular weight is 569 g/mol. The number of nitrogens with two attached hydrogens (primary N) is 1. The number of hydrogen-bond donors (Lipinski definition) is 2. The highest BCUT2D eigenvalue weighted by molar-refractivity contribution is 8.01. The van der Waals surface area contributed by atoms with Crippen molar-refractivity contribution < 1.29 is 22.5 Å². The number of methoxy groups -OCH3 is 1. The second-order valence-corrected chi connectivity index (χ2v) is 11.8. The number of halogens is 2. The predicted molar refractivity (Wildman–Crippen MR) is 153 cm³/mol. The molecule has 0 radical (unpaired) electrons. The number of piperidine rings is 1. The first-order valence-corrected chi connectivity index (χ1v) is 14.3. The van der Waals surface area contributed by atoms with Gasteiger partial charge in [-0.3, -0.25) is 0 Å². The molecule has 0 aliphatic carbocycles. The summed E-state index contributed by atoms with van der Waals surface area (Å²) in [6.07, 6.45) is 3.36. The van der Waals surface area contributed by atoms with Crippen LogP contribution in [-0.2, 0) is 9.71 Å². The molecule has 2 aromatic carbocycles. The molecule has 1 atom stereocenters. The van der Waals surface area contributed by atoms with Gasteiger partial charge in [-0.15, -0.1) is 0 Å². The van der Waals surface area contributed by atoms with Crippen molar-refractivity contribution in [2.24, 2.45) is 0 Å². The first kappa shape index (κ1) is 27.5. The largest absolute Gasteiger partial charge is 0.488 e. The van der Waals surface area contributed by atoms with E-state index in [1.165, 1.54) is 7.11 Å². The fourth-order valence-electron chi connectivity index (χ4n) is 4.73. The van der Waals surface area contributed by atoms with Gasteiger partial charge in [-0.1, -0.05) is 0 Å². The van der Waals surface area contributed by atoms with E-state index >= 15 is 0 Å². The summed E-state index contributed by atoms with van der Waals surface area (Å²) in [5, 5.41) is 0.759. The van der Waals surface area contributed by atoms with Crippen molar-refractivity contribution in [3.05, 3.63) is 59.9 Å². The Bertz CT molecular complexity index is 1690. The number of fused-ring (bicyclic) bond motifs is 1. The van der Waals surface area contributed by atoms with E-state index in [9.17, 15) is 13.0 Å². The smallest absolute Gasteiger partial charge is 0.238 e. The van der Waals surface area contributed by atoms with E-state index in [1.54, 1.807) is 12.3 Å². The number of likely N-dealkylation sites (tertiary alicyclic amines) is 1. The van der Waals surface area contributed by atoms with Gasteiger partial charge in [0.25, 0.3) is 0 Å². The van der Waals surface area contributed by atoms with Crippen molar-refractivity contribution in [1.29, 1.82) is 0 Å². The van der Waals surface area contributed by atoms with E-state index in [0.717, 1.165) is 49.0 Å². The highest BCUT2D eigenvalue weighted by atomic mass is 32.2. The number of aromatic nitrogens is 3. The van der Waals surface area contributed by atoms with E-state index in [-0.39, 0.29) is 28.5 Å². The average Bonchev–Trinajstić information content (AvgIpc) is 2.89. The summed E-state index contributed by atoms with van der Waals surface area (Å²) in [6.45, 7) is 3.70. The van der Waals surface area contributed by atoms with E-state index in [1.807, 2.05) is 19.1 Å². The summed E-state index contributed by atoms with van der Waals surface area (Å²) in [4.78, 5) is 15.1. The molecule has 1 aliphatic heterocycles. The topological polar surface area (TPSA) is 115 Å². The van der Waals surface area contributed by atoms with Crippen LogP contribution in [0, 0.1) is 18.6 Å². The third-order valence-electron chi connectivity index (χ3n) is 6.83. The molecule has 210 valence electrons. The first-order chi connectivity index (χ1) is 19.0. The summed E-state index contributed by atoms with van der Waals surface area (Å²) in [6, 6.07) is 8.22. The van der Waals surface area contributed by atoms with Gasteiger partial charge in [-0.25, -0.2) is 27.9 Å². The minimum Gasteiger partial charge on any atom is -0.488 e. The van der Waals surface area contributed by atoms with Crippen LogP contribution in [0.3, 0.4) is 0 Å². The molecule has 0 bridgehead atoms. The number of nitrogen functional groups attached to an aromatic ring is 1. The van der Waals surface area contributed by atoms with Crippen molar-refractivity contribution in [1.82, 2.24) is 19.9 Å². The molecule has 12 heteroatoms. The van der Waals surface area contributed by atoms with Gasteiger partial charge in [-0.2, -0.15) is 0 Å². The molecule has 1 unspecified atom stereocenters. The van der Waals surface area contributed by atoms with Crippen LogP contribution in [0.5, 0.6) is 11.6 Å². The monoisotopic (exact) mass is 568 g/mol. The third kappa shape index (κ3) is 5.63. The lowest BCUT2D eigenvalue weighted by atomic mass is 10.0. The Kier molecular flexibility index (Phi) is 7.47. The van der Waals surface area contributed by atoms with Crippen LogP contribution in [0.25, 0.3) is 22.0 Å². The maximum absolute atomic E-state index is 14.5. The van der Waals surface area contributed by atoms with Crippen molar-refractivity contribution >= 4 is 38.1 Å². The zero-order valence-corrected chi connectivity index (χ0v) is 23.2. The fraction of sp³-hybridized carbons (Fsp3) is 0.286. The molecule has 0 saturated carbocycles. The molecule has 9 nitrogen and oxygen atoms in total. The fourth-order valence-corrected chi connectivity index (χ4v) is 6.00. The summed E-state index contributed by atoms with van der Waals surface area (Å²) in [7, 11) is 0.0472. The van der Waals surface area contributed by atoms with E-state index in [2.05, 4.69) is 37.5 Å².